The molecule has 2 N–H and O–H groups in total. The van der Waals surface area contributed by atoms with Crippen molar-refractivity contribution in [1.29, 1.82) is 0 Å². The lowest BCUT2D eigenvalue weighted by molar-refractivity contribution is -0.131. The van der Waals surface area contributed by atoms with Gasteiger partial charge in [-0.25, -0.2) is 0 Å². The lowest BCUT2D eigenvalue weighted by atomic mass is 10.1. The van der Waals surface area contributed by atoms with Crippen LogP contribution in [0.15, 0.2) is 24.3 Å². The number of amides is 1. The molecule has 4 nitrogen and oxygen atoms in total. The fourth-order valence-corrected chi connectivity index (χ4v) is 1.87. The maximum Gasteiger partial charge on any atom is 0.239 e. The van der Waals surface area contributed by atoms with Crippen molar-refractivity contribution in [2.75, 3.05) is 20.2 Å². The van der Waals surface area contributed by atoms with Crippen LogP contribution >= 0.6 is 11.6 Å². The number of hydrogen-bond donors (Lipinski definition) is 1. The third-order valence-corrected chi connectivity index (χ3v) is 3.13. The zero-order valence-electron chi connectivity index (χ0n) is 11.4. The van der Waals surface area contributed by atoms with Gasteiger partial charge in [-0.2, -0.15) is 0 Å². The van der Waals surface area contributed by atoms with Gasteiger partial charge in [0.05, 0.1) is 17.6 Å². The first-order valence-electron chi connectivity index (χ1n) is 6.44. The minimum Gasteiger partial charge on any atom is -0.490 e. The molecule has 0 bridgehead atoms. The van der Waals surface area contributed by atoms with Gasteiger partial charge in [0.2, 0.25) is 5.91 Å². The molecule has 0 spiro atoms. The highest BCUT2D eigenvalue weighted by Crippen LogP contribution is 2.22. The van der Waals surface area contributed by atoms with Crippen LogP contribution in [-0.2, 0) is 4.79 Å². The van der Waals surface area contributed by atoms with E-state index in [9.17, 15) is 4.79 Å². The first kappa shape index (κ1) is 15.8. The van der Waals surface area contributed by atoms with Crippen LogP contribution in [0.4, 0.5) is 0 Å². The third-order valence-electron chi connectivity index (χ3n) is 2.81. The van der Waals surface area contributed by atoms with E-state index in [1.54, 1.807) is 24.1 Å². The standard InChI is InChI=1S/C14H21ClN2O2/c1-3-6-12(16)14(18)17(2)9-10-19-13-8-5-4-7-11(13)15/h4-5,7-8,12H,3,6,9-10,16H2,1-2H3/t12-/m1/s1. The number of ether oxygens (including phenoxy) is 1. The highest BCUT2D eigenvalue weighted by molar-refractivity contribution is 6.32. The summed E-state index contributed by atoms with van der Waals surface area (Å²) in [4.78, 5) is 13.5. The Morgan fingerprint density at radius 3 is 2.79 bits per heavy atom. The summed E-state index contributed by atoms with van der Waals surface area (Å²) in [5.74, 6) is 0.576. The minimum absolute atomic E-state index is 0.0513. The predicted octanol–water partition coefficient (Wildman–Crippen LogP) is 2.30. The Kier molecular flexibility index (Phi) is 6.67. The summed E-state index contributed by atoms with van der Waals surface area (Å²) in [7, 11) is 1.73. The molecule has 0 unspecified atom stereocenters. The van der Waals surface area contributed by atoms with Gasteiger partial charge in [0, 0.05) is 7.05 Å². The number of halogens is 1. The molecule has 1 amide bonds. The van der Waals surface area contributed by atoms with Crippen molar-refractivity contribution in [3.8, 4) is 5.75 Å². The van der Waals surface area contributed by atoms with Gasteiger partial charge >= 0.3 is 0 Å². The molecule has 0 saturated carbocycles. The number of carbonyl (C=O) groups is 1. The molecule has 0 aliphatic carbocycles. The lowest BCUT2D eigenvalue weighted by Gasteiger charge is -2.21. The normalized spacial score (nSPS) is 12.0. The first-order chi connectivity index (χ1) is 9.06. The summed E-state index contributed by atoms with van der Waals surface area (Å²) in [6, 6.07) is 6.84. The predicted molar refractivity (Wildman–Crippen MR) is 77.5 cm³/mol. The number of likely N-dealkylation sites (N-methyl/N-ethyl adjacent to an activating group) is 1. The Morgan fingerprint density at radius 1 is 1.47 bits per heavy atom. The average Bonchev–Trinajstić information content (AvgIpc) is 2.40. The molecule has 0 aliphatic heterocycles. The SMILES string of the molecule is CCC[C@@H](N)C(=O)N(C)CCOc1ccccc1Cl. The van der Waals surface area contributed by atoms with Gasteiger partial charge in [0.15, 0.2) is 0 Å². The van der Waals surface area contributed by atoms with E-state index >= 15 is 0 Å². The molecule has 0 aliphatic rings. The average molecular weight is 285 g/mol. The van der Waals surface area contributed by atoms with E-state index in [0.717, 1.165) is 6.42 Å². The number of para-hydroxylation sites is 1. The van der Waals surface area contributed by atoms with Crippen LogP contribution in [0.25, 0.3) is 0 Å². The largest absolute Gasteiger partial charge is 0.490 e. The van der Waals surface area contributed by atoms with Gasteiger partial charge in [-0.3, -0.25) is 4.79 Å². The number of nitrogens with two attached hydrogens (primary N) is 1. The molecule has 1 aromatic rings. The van der Waals surface area contributed by atoms with Crippen molar-refractivity contribution in [3.05, 3.63) is 29.3 Å². The molecule has 19 heavy (non-hydrogen) atoms. The molecule has 0 aromatic heterocycles. The van der Waals surface area contributed by atoms with Crippen molar-refractivity contribution >= 4 is 17.5 Å². The third kappa shape index (κ3) is 5.09. The van der Waals surface area contributed by atoms with E-state index in [2.05, 4.69) is 0 Å². The number of nitrogens with zero attached hydrogens (tertiary/aromatic N) is 1. The fourth-order valence-electron chi connectivity index (χ4n) is 1.68. The molecular weight excluding hydrogens is 264 g/mol. The van der Waals surface area contributed by atoms with Crippen LogP contribution in [0.1, 0.15) is 19.8 Å². The number of carbonyl (C=O) groups excluding carboxylic acids is 1. The molecular formula is C14H21ClN2O2. The molecule has 0 saturated heterocycles. The summed E-state index contributed by atoms with van der Waals surface area (Å²) in [6.45, 7) is 2.89. The molecule has 0 radical (unpaired) electrons. The number of benzene rings is 1. The molecule has 1 atom stereocenters. The molecule has 1 rings (SSSR count). The second-order valence-electron chi connectivity index (χ2n) is 4.43. The van der Waals surface area contributed by atoms with Crippen LogP contribution in [0.5, 0.6) is 5.75 Å². The molecule has 106 valence electrons. The fraction of sp³-hybridized carbons (Fsp3) is 0.500. The molecule has 0 fully saturated rings. The van der Waals surface area contributed by atoms with Crippen molar-refractivity contribution < 1.29 is 9.53 Å². The Bertz CT molecular complexity index is 412. The lowest BCUT2D eigenvalue weighted by Crippen LogP contribution is -2.43. The van der Waals surface area contributed by atoms with Crippen molar-refractivity contribution in [3.63, 3.8) is 0 Å². The topological polar surface area (TPSA) is 55.6 Å². The summed E-state index contributed by atoms with van der Waals surface area (Å²) in [6.07, 6.45) is 1.60. The first-order valence-corrected chi connectivity index (χ1v) is 6.82. The van der Waals surface area contributed by atoms with E-state index in [-0.39, 0.29) is 5.91 Å². The highest BCUT2D eigenvalue weighted by Gasteiger charge is 2.16. The van der Waals surface area contributed by atoms with Gasteiger partial charge < -0.3 is 15.4 Å². The summed E-state index contributed by atoms with van der Waals surface area (Å²) < 4.78 is 5.53. The van der Waals surface area contributed by atoms with E-state index in [0.29, 0.717) is 30.3 Å². The summed E-state index contributed by atoms with van der Waals surface area (Å²) >= 11 is 5.97. The van der Waals surface area contributed by atoms with Crippen LogP contribution in [0, 0.1) is 0 Å². The maximum atomic E-state index is 11.9. The zero-order chi connectivity index (χ0) is 14.3. The van der Waals surface area contributed by atoms with Crippen LogP contribution in [0.2, 0.25) is 5.02 Å². The zero-order valence-corrected chi connectivity index (χ0v) is 12.2. The van der Waals surface area contributed by atoms with Gasteiger partial charge in [-0.1, -0.05) is 37.1 Å². The van der Waals surface area contributed by atoms with Gasteiger partial charge in [-0.05, 0) is 18.6 Å². The van der Waals surface area contributed by atoms with Crippen LogP contribution < -0.4 is 10.5 Å². The van der Waals surface area contributed by atoms with Gasteiger partial charge in [-0.15, -0.1) is 0 Å². The van der Waals surface area contributed by atoms with E-state index in [4.69, 9.17) is 22.1 Å². The van der Waals surface area contributed by atoms with Gasteiger partial charge in [0.25, 0.3) is 0 Å². The number of rotatable bonds is 7. The Morgan fingerprint density at radius 2 is 2.16 bits per heavy atom. The number of hydrogen-bond acceptors (Lipinski definition) is 3. The quantitative estimate of drug-likeness (QED) is 0.836. The van der Waals surface area contributed by atoms with Crippen molar-refractivity contribution in [1.82, 2.24) is 4.90 Å². The van der Waals surface area contributed by atoms with Crippen molar-refractivity contribution in [2.24, 2.45) is 5.73 Å². The second-order valence-corrected chi connectivity index (χ2v) is 4.84. The minimum atomic E-state index is -0.421. The summed E-state index contributed by atoms with van der Waals surface area (Å²) in [5, 5.41) is 0.569. The highest BCUT2D eigenvalue weighted by atomic mass is 35.5. The molecule has 1 aromatic carbocycles. The van der Waals surface area contributed by atoms with Crippen LogP contribution in [0.3, 0.4) is 0 Å². The van der Waals surface area contributed by atoms with Crippen LogP contribution in [-0.4, -0.2) is 37.0 Å². The Balaban J connectivity index is 2.37. The second kappa shape index (κ2) is 8.02. The van der Waals surface area contributed by atoms with Crippen molar-refractivity contribution in [2.45, 2.75) is 25.8 Å². The maximum absolute atomic E-state index is 11.9. The van der Waals surface area contributed by atoms with E-state index in [1.165, 1.54) is 0 Å². The molecule has 0 heterocycles. The Hall–Kier alpha value is -1.26. The summed E-state index contributed by atoms with van der Waals surface area (Å²) in [5.41, 5.74) is 5.78. The molecule has 5 heteroatoms. The Labute approximate surface area is 119 Å². The van der Waals surface area contributed by atoms with Gasteiger partial charge in [0.1, 0.15) is 12.4 Å². The van der Waals surface area contributed by atoms with E-state index < -0.39 is 6.04 Å². The smallest absolute Gasteiger partial charge is 0.239 e. The van der Waals surface area contributed by atoms with E-state index in [1.807, 2.05) is 19.1 Å². The monoisotopic (exact) mass is 284 g/mol.